The lowest BCUT2D eigenvalue weighted by Gasteiger charge is -2.29. The van der Waals surface area contributed by atoms with Crippen LogP contribution in [0, 0.1) is 0 Å². The van der Waals surface area contributed by atoms with Crippen molar-refractivity contribution in [3.63, 3.8) is 0 Å². The van der Waals surface area contributed by atoms with Crippen molar-refractivity contribution in [2.75, 3.05) is 7.05 Å². The lowest BCUT2D eigenvalue weighted by Crippen LogP contribution is -2.41. The minimum Gasteiger partial charge on any atom is -0.355 e. The molecule has 1 aromatic carbocycles. The minimum absolute atomic E-state index is 0. The molecule has 0 saturated carbocycles. The summed E-state index contributed by atoms with van der Waals surface area (Å²) in [6, 6.07) is 4.81. The molecular weight excluding hydrogens is 312 g/mol. The molecule has 1 N–H and O–H groups in total. The first-order valence-corrected chi connectivity index (χ1v) is 9.50. The van der Waals surface area contributed by atoms with Crippen molar-refractivity contribution < 1.29 is 14.6 Å². The number of nitrogens with zero attached hydrogens (tertiary/aromatic N) is 1. The van der Waals surface area contributed by atoms with E-state index in [1.807, 2.05) is 48.5 Å². The van der Waals surface area contributed by atoms with E-state index in [2.05, 4.69) is 5.32 Å². The number of carbonyl (C=O) groups excluding carboxylic acids is 1. The zero-order chi connectivity index (χ0) is 18.4. The zero-order valence-electron chi connectivity index (χ0n) is 15.5. The molecule has 0 radical (unpaired) electrons. The fourth-order valence-electron chi connectivity index (χ4n) is 2.26. The van der Waals surface area contributed by atoms with Gasteiger partial charge < -0.3 is 5.32 Å². The molecule has 1 aliphatic heterocycles. The van der Waals surface area contributed by atoms with Crippen molar-refractivity contribution in [2.24, 2.45) is 0 Å². The van der Waals surface area contributed by atoms with Crippen LogP contribution in [0.25, 0.3) is 0 Å². The highest BCUT2D eigenvalue weighted by atomic mass is 32.2. The summed E-state index contributed by atoms with van der Waals surface area (Å²) in [6.07, 6.45) is 0. The fraction of sp³-hybridized carbons (Fsp3) is 0.588. The highest BCUT2D eigenvalue weighted by Gasteiger charge is 2.42. The molecule has 1 aliphatic rings. The number of nitrogens with one attached hydrogen (secondary N) is 1. The highest BCUT2D eigenvalue weighted by Crippen LogP contribution is 2.37. The molecule has 1 aromatic rings. The van der Waals surface area contributed by atoms with Gasteiger partial charge in [-0.2, -0.15) is 4.31 Å². The number of hydrogen-bond donors (Lipinski definition) is 1. The Morgan fingerprint density at radius 3 is 2.13 bits per heavy atom. The van der Waals surface area contributed by atoms with E-state index in [4.69, 9.17) is 0 Å². The van der Waals surface area contributed by atoms with E-state index in [1.165, 1.54) is 11.4 Å². The first kappa shape index (κ1) is 21.6. The zero-order valence-corrected chi connectivity index (χ0v) is 16.3. The van der Waals surface area contributed by atoms with Crippen LogP contribution in [0.15, 0.2) is 23.1 Å². The van der Waals surface area contributed by atoms with E-state index in [1.54, 1.807) is 18.2 Å². The van der Waals surface area contributed by atoms with Crippen LogP contribution >= 0.6 is 0 Å². The van der Waals surface area contributed by atoms with Gasteiger partial charge in [0, 0.05) is 31.7 Å². The molecule has 23 heavy (non-hydrogen) atoms. The predicted molar refractivity (Wildman–Crippen MR) is 97.1 cm³/mol. The molecule has 0 bridgehead atoms. The molecule has 0 spiro atoms. The van der Waals surface area contributed by atoms with E-state index < -0.39 is 15.6 Å². The van der Waals surface area contributed by atoms with Crippen molar-refractivity contribution in [3.05, 3.63) is 29.3 Å². The van der Waals surface area contributed by atoms with E-state index in [0.29, 0.717) is 11.1 Å². The number of hydrogen-bond acceptors (Lipinski definition) is 3. The normalized spacial score (nSPS) is 15.5. The summed E-state index contributed by atoms with van der Waals surface area (Å²) in [5.74, 6) is -0.261. The van der Waals surface area contributed by atoms with E-state index in [-0.39, 0.29) is 18.8 Å². The molecule has 0 aliphatic carbocycles. The van der Waals surface area contributed by atoms with Crippen molar-refractivity contribution in [2.45, 2.75) is 65.4 Å². The second-order valence-electron chi connectivity index (χ2n) is 5.54. The van der Waals surface area contributed by atoms with Crippen LogP contribution in [0.5, 0.6) is 0 Å². The third-order valence-corrected chi connectivity index (χ3v) is 5.42. The van der Waals surface area contributed by atoms with Crippen LogP contribution in [-0.4, -0.2) is 31.2 Å². The summed E-state index contributed by atoms with van der Waals surface area (Å²) in [5, 5.41) is 2.54. The quantitative estimate of drug-likeness (QED) is 0.845. The highest BCUT2D eigenvalue weighted by molar-refractivity contribution is 7.89. The van der Waals surface area contributed by atoms with Gasteiger partial charge in [0.05, 0.1) is 4.90 Å². The van der Waals surface area contributed by atoms with Gasteiger partial charge in [0.1, 0.15) is 0 Å². The molecule has 0 atom stereocenters. The van der Waals surface area contributed by atoms with Gasteiger partial charge in [-0.1, -0.05) is 33.8 Å². The molecule has 1 heterocycles. The van der Waals surface area contributed by atoms with Crippen LogP contribution in [0.4, 0.5) is 0 Å². The number of fused-ring (bicyclic) bond motifs is 1. The van der Waals surface area contributed by atoms with Gasteiger partial charge in [0.2, 0.25) is 10.0 Å². The molecule has 0 aromatic heterocycles. The van der Waals surface area contributed by atoms with Crippen LogP contribution in [0.3, 0.4) is 0 Å². The summed E-state index contributed by atoms with van der Waals surface area (Å²) < 4.78 is 26.4. The standard InChI is InChI=1S/C13H18N2O3S.2C2H6.H2/c1-13(2,3)15-8-10-9(12(16)14-4)6-5-7-11(10)19(15,17)18;2*1-2;/h5-7H,8H2,1-4H3,(H,14,16);2*1-2H3;1H. The molecule has 134 valence electrons. The number of rotatable bonds is 1. The van der Waals surface area contributed by atoms with Gasteiger partial charge in [-0.15, -0.1) is 0 Å². The molecule has 0 fully saturated rings. The topological polar surface area (TPSA) is 66.5 Å². The lowest BCUT2D eigenvalue weighted by atomic mass is 10.0. The number of carbonyl (C=O) groups is 1. The van der Waals surface area contributed by atoms with E-state index >= 15 is 0 Å². The maximum atomic E-state index is 12.5. The molecule has 0 saturated heterocycles. The monoisotopic (exact) mass is 344 g/mol. The Kier molecular flexibility index (Phi) is 7.94. The first-order valence-electron chi connectivity index (χ1n) is 8.06. The Morgan fingerprint density at radius 1 is 1.17 bits per heavy atom. The molecule has 0 unspecified atom stereocenters. The molecule has 5 nitrogen and oxygen atoms in total. The Bertz CT molecular complexity index is 638. The average molecular weight is 345 g/mol. The average Bonchev–Trinajstić information content (AvgIpc) is 2.82. The number of sulfonamides is 1. The van der Waals surface area contributed by atoms with Gasteiger partial charge >= 0.3 is 0 Å². The molecule has 1 amide bonds. The molecule has 2 rings (SSSR count). The maximum absolute atomic E-state index is 12.5. The van der Waals surface area contributed by atoms with E-state index in [9.17, 15) is 13.2 Å². The van der Waals surface area contributed by atoms with Gasteiger partial charge in [0.25, 0.3) is 5.91 Å². The second kappa shape index (κ2) is 8.45. The minimum atomic E-state index is -3.52. The Balaban J connectivity index is 0. The smallest absolute Gasteiger partial charge is 0.251 e. The van der Waals surface area contributed by atoms with Crippen molar-refractivity contribution in [3.8, 4) is 0 Å². The Morgan fingerprint density at radius 2 is 1.70 bits per heavy atom. The van der Waals surface area contributed by atoms with Crippen LogP contribution < -0.4 is 5.32 Å². The second-order valence-corrected chi connectivity index (χ2v) is 7.37. The van der Waals surface area contributed by atoms with Crippen molar-refractivity contribution >= 4 is 15.9 Å². The number of benzene rings is 1. The summed E-state index contributed by atoms with van der Waals surface area (Å²) in [4.78, 5) is 12.1. The lowest BCUT2D eigenvalue weighted by molar-refractivity contribution is 0.0961. The molecule has 6 heteroatoms. The Labute approximate surface area is 142 Å². The molecular formula is C17H32N2O3S. The largest absolute Gasteiger partial charge is 0.355 e. The summed E-state index contributed by atoms with van der Waals surface area (Å²) >= 11 is 0. The van der Waals surface area contributed by atoms with Gasteiger partial charge in [-0.3, -0.25) is 4.79 Å². The third kappa shape index (κ3) is 4.32. The predicted octanol–water partition coefficient (Wildman–Crippen LogP) is 3.65. The SMILES string of the molecule is CC.CC.CNC(=O)c1cccc2c1CN(C(C)(C)C)S2(=O)=O.[HH]. The van der Waals surface area contributed by atoms with E-state index in [0.717, 1.165) is 0 Å². The summed E-state index contributed by atoms with van der Waals surface area (Å²) in [5.41, 5.74) is 0.491. The van der Waals surface area contributed by atoms with Crippen LogP contribution in [-0.2, 0) is 16.6 Å². The van der Waals surface area contributed by atoms with Gasteiger partial charge in [0.15, 0.2) is 0 Å². The first-order chi connectivity index (χ1) is 10.7. The van der Waals surface area contributed by atoms with Crippen molar-refractivity contribution in [1.82, 2.24) is 9.62 Å². The number of amides is 1. The van der Waals surface area contributed by atoms with Gasteiger partial charge in [-0.25, -0.2) is 8.42 Å². The van der Waals surface area contributed by atoms with Gasteiger partial charge in [-0.05, 0) is 32.9 Å². The van der Waals surface area contributed by atoms with Crippen molar-refractivity contribution in [1.29, 1.82) is 0 Å². The summed E-state index contributed by atoms with van der Waals surface area (Å²) in [6.45, 7) is 13.8. The van der Waals surface area contributed by atoms with Crippen LogP contribution in [0.1, 0.15) is 65.8 Å². The van der Waals surface area contributed by atoms with Crippen LogP contribution in [0.2, 0.25) is 0 Å². The third-order valence-electron chi connectivity index (χ3n) is 3.22. The summed E-state index contributed by atoms with van der Waals surface area (Å²) in [7, 11) is -1.98. The fourth-order valence-corrected chi connectivity index (χ4v) is 4.26. The maximum Gasteiger partial charge on any atom is 0.251 e. The Hall–Kier alpha value is -1.40.